The van der Waals surface area contributed by atoms with E-state index in [4.69, 9.17) is 10.5 Å². The average molecular weight is 393 g/mol. The molecule has 150 valence electrons. The fourth-order valence-electron chi connectivity index (χ4n) is 5.69. The minimum Gasteiger partial charge on any atom is -0.496 e. The lowest BCUT2D eigenvalue weighted by Gasteiger charge is -2.44. The van der Waals surface area contributed by atoms with Crippen molar-refractivity contribution >= 4 is 18.3 Å². The van der Waals surface area contributed by atoms with E-state index in [1.807, 2.05) is 12.1 Å². The van der Waals surface area contributed by atoms with Gasteiger partial charge < -0.3 is 15.4 Å². The van der Waals surface area contributed by atoms with Crippen molar-refractivity contribution in [1.82, 2.24) is 4.90 Å². The summed E-state index contributed by atoms with van der Waals surface area (Å²) in [7, 11) is 1.72. The van der Waals surface area contributed by atoms with Crippen LogP contribution in [0.1, 0.15) is 50.5 Å². The fraction of sp³-hybridized carbons (Fsp3) is 0.682. The summed E-state index contributed by atoms with van der Waals surface area (Å²) in [6.07, 6.45) is 8.85. The summed E-state index contributed by atoms with van der Waals surface area (Å²) in [5.41, 5.74) is 7.63. The summed E-state index contributed by atoms with van der Waals surface area (Å²) in [5, 5.41) is 0. The number of carbonyl (C=O) groups is 1. The molecular formula is C22H33ClN2O2. The number of nitrogens with two attached hydrogens (primary N) is 1. The second-order valence-corrected chi connectivity index (χ2v) is 8.54. The molecule has 1 aliphatic heterocycles. The van der Waals surface area contributed by atoms with Crippen LogP contribution in [0, 0.1) is 17.8 Å². The summed E-state index contributed by atoms with van der Waals surface area (Å²) in [6.45, 7) is 0.913. The number of amides is 1. The third-order valence-electron chi connectivity index (χ3n) is 7.07. The fourth-order valence-corrected chi connectivity index (χ4v) is 5.69. The summed E-state index contributed by atoms with van der Waals surface area (Å²) in [6, 6.07) is 8.85. The number of halogens is 1. The molecule has 2 N–H and O–H groups in total. The van der Waals surface area contributed by atoms with Crippen molar-refractivity contribution in [1.29, 1.82) is 0 Å². The zero-order chi connectivity index (χ0) is 18.1. The third-order valence-corrected chi connectivity index (χ3v) is 7.07. The van der Waals surface area contributed by atoms with Crippen LogP contribution in [0.2, 0.25) is 0 Å². The minimum absolute atomic E-state index is 0. The van der Waals surface area contributed by atoms with Gasteiger partial charge in [0.05, 0.1) is 7.11 Å². The molecule has 3 unspecified atom stereocenters. The number of para-hydroxylation sites is 1. The van der Waals surface area contributed by atoms with Gasteiger partial charge in [0.25, 0.3) is 0 Å². The predicted molar refractivity (Wildman–Crippen MR) is 110 cm³/mol. The molecule has 0 aromatic heterocycles. The van der Waals surface area contributed by atoms with Crippen LogP contribution in [-0.4, -0.2) is 36.5 Å². The Morgan fingerprint density at radius 3 is 2.56 bits per heavy atom. The molecule has 1 heterocycles. The Morgan fingerprint density at radius 1 is 1.15 bits per heavy atom. The van der Waals surface area contributed by atoms with Gasteiger partial charge in [0.15, 0.2) is 0 Å². The first-order valence-electron chi connectivity index (χ1n) is 10.4. The van der Waals surface area contributed by atoms with E-state index in [0.717, 1.165) is 44.4 Å². The number of carbonyl (C=O) groups excluding carboxylic acids is 1. The molecule has 1 aromatic rings. The van der Waals surface area contributed by atoms with Gasteiger partial charge in [-0.3, -0.25) is 4.79 Å². The Kier molecular flexibility index (Phi) is 6.69. The zero-order valence-electron chi connectivity index (χ0n) is 16.3. The largest absolute Gasteiger partial charge is 0.496 e. The summed E-state index contributed by atoms with van der Waals surface area (Å²) < 4.78 is 5.51. The standard InChI is InChI=1S/C22H32N2O2.ClH/c1-26-20-10-3-2-6-15(20)14-19-9-5-11-24(19)22(25)18-12-16-7-4-8-17(13-18)21(16)23;/h2-3,6,10,16-19,21H,4-5,7-9,11-14,23H2,1H3;1H. The van der Waals surface area contributed by atoms with Crippen LogP contribution in [0.5, 0.6) is 5.75 Å². The Labute approximate surface area is 169 Å². The molecule has 1 saturated heterocycles. The van der Waals surface area contributed by atoms with Gasteiger partial charge in [-0.1, -0.05) is 24.6 Å². The average Bonchev–Trinajstić information content (AvgIpc) is 3.09. The molecular weight excluding hydrogens is 360 g/mol. The van der Waals surface area contributed by atoms with Crippen molar-refractivity contribution in [2.75, 3.05) is 13.7 Å². The van der Waals surface area contributed by atoms with Gasteiger partial charge in [-0.25, -0.2) is 0 Å². The highest BCUT2D eigenvalue weighted by Crippen LogP contribution is 2.43. The molecule has 2 aliphatic carbocycles. The van der Waals surface area contributed by atoms with Gasteiger partial charge in [-0.15, -0.1) is 12.4 Å². The molecule has 1 aromatic carbocycles. The van der Waals surface area contributed by atoms with Gasteiger partial charge in [-0.2, -0.15) is 0 Å². The smallest absolute Gasteiger partial charge is 0.225 e. The monoisotopic (exact) mass is 392 g/mol. The van der Waals surface area contributed by atoms with Crippen molar-refractivity contribution in [3.05, 3.63) is 29.8 Å². The molecule has 3 aliphatic rings. The molecule has 3 atom stereocenters. The number of rotatable bonds is 4. The maximum absolute atomic E-state index is 13.3. The number of benzene rings is 1. The van der Waals surface area contributed by atoms with Crippen molar-refractivity contribution < 1.29 is 9.53 Å². The molecule has 5 heteroatoms. The van der Waals surface area contributed by atoms with E-state index in [1.54, 1.807) is 7.11 Å². The van der Waals surface area contributed by atoms with Crippen LogP contribution in [0.4, 0.5) is 0 Å². The Morgan fingerprint density at radius 2 is 1.85 bits per heavy atom. The Bertz CT molecular complexity index is 639. The first kappa shape index (κ1) is 20.5. The third kappa shape index (κ3) is 4.12. The van der Waals surface area contributed by atoms with Crippen molar-refractivity contribution in [3.8, 4) is 5.75 Å². The van der Waals surface area contributed by atoms with E-state index < -0.39 is 0 Å². The van der Waals surface area contributed by atoms with E-state index in [9.17, 15) is 4.79 Å². The second kappa shape index (κ2) is 8.83. The van der Waals surface area contributed by atoms with Crippen molar-refractivity contribution in [2.45, 2.75) is 63.5 Å². The number of fused-ring (bicyclic) bond motifs is 2. The van der Waals surface area contributed by atoms with Crippen molar-refractivity contribution in [2.24, 2.45) is 23.5 Å². The maximum Gasteiger partial charge on any atom is 0.225 e. The van der Waals surface area contributed by atoms with Gasteiger partial charge in [0, 0.05) is 24.5 Å². The van der Waals surface area contributed by atoms with Crippen LogP contribution in [0.3, 0.4) is 0 Å². The van der Waals surface area contributed by atoms with Crippen LogP contribution in [0.25, 0.3) is 0 Å². The highest BCUT2D eigenvalue weighted by atomic mass is 35.5. The first-order valence-corrected chi connectivity index (χ1v) is 10.4. The molecule has 4 rings (SSSR count). The Hall–Kier alpha value is -1.26. The van der Waals surface area contributed by atoms with Gasteiger partial charge >= 0.3 is 0 Å². The molecule has 0 radical (unpaired) electrons. The molecule has 2 saturated carbocycles. The van der Waals surface area contributed by atoms with Crippen LogP contribution in [0.15, 0.2) is 24.3 Å². The molecule has 4 nitrogen and oxygen atoms in total. The molecule has 2 bridgehead atoms. The lowest BCUT2D eigenvalue weighted by molar-refractivity contribution is -0.139. The molecule has 27 heavy (non-hydrogen) atoms. The number of hydrogen-bond donors (Lipinski definition) is 1. The first-order chi connectivity index (χ1) is 12.7. The van der Waals surface area contributed by atoms with E-state index in [1.165, 1.54) is 24.8 Å². The molecule has 3 fully saturated rings. The van der Waals surface area contributed by atoms with Crippen LogP contribution < -0.4 is 10.5 Å². The van der Waals surface area contributed by atoms with Gasteiger partial charge in [0.1, 0.15) is 5.75 Å². The van der Waals surface area contributed by atoms with Crippen molar-refractivity contribution in [3.63, 3.8) is 0 Å². The maximum atomic E-state index is 13.3. The quantitative estimate of drug-likeness (QED) is 0.847. The lowest BCUT2D eigenvalue weighted by Crippen LogP contribution is -2.50. The SMILES string of the molecule is COc1ccccc1CC1CCCN1C(=O)C1CC2CCCC(C1)C2N.Cl. The summed E-state index contributed by atoms with van der Waals surface area (Å²) >= 11 is 0. The van der Waals surface area contributed by atoms with E-state index in [0.29, 0.717) is 29.8 Å². The van der Waals surface area contributed by atoms with Crippen LogP contribution >= 0.6 is 12.4 Å². The van der Waals surface area contributed by atoms with Crippen LogP contribution in [-0.2, 0) is 11.2 Å². The zero-order valence-corrected chi connectivity index (χ0v) is 17.1. The summed E-state index contributed by atoms with van der Waals surface area (Å²) in [5.74, 6) is 2.65. The van der Waals surface area contributed by atoms with Gasteiger partial charge in [-0.05, 0) is 68.4 Å². The molecule has 0 spiro atoms. The predicted octanol–water partition coefficient (Wildman–Crippen LogP) is 3.80. The summed E-state index contributed by atoms with van der Waals surface area (Å²) in [4.78, 5) is 15.5. The highest BCUT2D eigenvalue weighted by molar-refractivity contribution is 5.85. The van der Waals surface area contributed by atoms with Gasteiger partial charge in [0.2, 0.25) is 5.91 Å². The number of likely N-dealkylation sites (tertiary alicyclic amines) is 1. The normalized spacial score (nSPS) is 32.7. The topological polar surface area (TPSA) is 55.6 Å². The molecule has 1 amide bonds. The Balaban J connectivity index is 0.00000210. The lowest BCUT2D eigenvalue weighted by atomic mass is 9.65. The number of hydrogen-bond acceptors (Lipinski definition) is 3. The van der Waals surface area contributed by atoms with E-state index in [2.05, 4.69) is 17.0 Å². The number of methoxy groups -OCH3 is 1. The highest BCUT2D eigenvalue weighted by Gasteiger charge is 2.43. The number of nitrogens with zero attached hydrogens (tertiary/aromatic N) is 1. The van der Waals surface area contributed by atoms with E-state index in [-0.39, 0.29) is 18.3 Å². The minimum atomic E-state index is 0. The number of ether oxygens (including phenoxy) is 1. The van der Waals surface area contributed by atoms with E-state index >= 15 is 0 Å². The second-order valence-electron chi connectivity index (χ2n) is 8.54.